The Labute approximate surface area is 73.1 Å². The van der Waals surface area contributed by atoms with E-state index in [1.165, 1.54) is 6.29 Å². The van der Waals surface area contributed by atoms with Gasteiger partial charge in [0.25, 0.3) is 0 Å². The molecule has 0 spiro atoms. The van der Waals surface area contributed by atoms with Crippen molar-refractivity contribution in [3.8, 4) is 0 Å². The number of carbonyl (C=O) groups excluding carboxylic acids is 2. The van der Waals surface area contributed by atoms with Crippen LogP contribution in [0.4, 0.5) is 0 Å². The van der Waals surface area contributed by atoms with Crippen LogP contribution in [0, 0.1) is 0 Å². The number of hydrogen-bond donors (Lipinski definition) is 0. The molecule has 0 bridgehead atoms. The normalized spacial score (nSPS) is 9.42. The van der Waals surface area contributed by atoms with Crippen molar-refractivity contribution in [2.24, 2.45) is 0 Å². The van der Waals surface area contributed by atoms with E-state index in [0.29, 0.717) is 6.61 Å². The molecule has 3 nitrogen and oxygen atoms in total. The van der Waals surface area contributed by atoms with Gasteiger partial charge >= 0.3 is 5.97 Å². The average molecular weight is 171 g/mol. The zero-order valence-electron chi connectivity index (χ0n) is 7.47. The smallest absolute Gasteiger partial charge is 0.313 e. The van der Waals surface area contributed by atoms with Crippen molar-refractivity contribution in [1.82, 2.24) is 0 Å². The van der Waals surface area contributed by atoms with Crippen molar-refractivity contribution in [3.63, 3.8) is 0 Å². The number of hydrogen-bond acceptors (Lipinski definition) is 3. The number of carbonyl (C=O) groups is 1. The highest BCUT2D eigenvalue weighted by atomic mass is 16.5. The second kappa shape index (κ2) is 8.24. The molecule has 0 heterocycles. The van der Waals surface area contributed by atoms with Gasteiger partial charge in [-0.2, -0.15) is 0 Å². The number of esters is 1. The zero-order valence-corrected chi connectivity index (χ0v) is 7.47. The van der Waals surface area contributed by atoms with Gasteiger partial charge in [-0.05, 0) is 6.42 Å². The minimum absolute atomic E-state index is 0.242. The van der Waals surface area contributed by atoms with Crippen LogP contribution in [0.3, 0.4) is 0 Å². The van der Waals surface area contributed by atoms with Crippen LogP contribution in [0.2, 0.25) is 0 Å². The van der Waals surface area contributed by atoms with Crippen LogP contribution < -0.4 is 0 Å². The molecule has 0 aliphatic carbocycles. The maximum Gasteiger partial charge on any atom is 0.313 e. The SMILES string of the molecule is CCCCCCOC(=O)C[C]=O. The van der Waals surface area contributed by atoms with Gasteiger partial charge < -0.3 is 4.74 Å². The molecule has 0 aliphatic heterocycles. The van der Waals surface area contributed by atoms with E-state index in [0.717, 1.165) is 25.7 Å². The van der Waals surface area contributed by atoms with Gasteiger partial charge in [0.15, 0.2) is 0 Å². The van der Waals surface area contributed by atoms with Crippen molar-refractivity contribution >= 4 is 12.3 Å². The van der Waals surface area contributed by atoms with E-state index in [9.17, 15) is 9.59 Å². The van der Waals surface area contributed by atoms with E-state index >= 15 is 0 Å². The van der Waals surface area contributed by atoms with Gasteiger partial charge in [0.05, 0.1) is 6.61 Å². The standard InChI is InChI=1S/C9H15O3/c1-2-3-4-5-8-12-9(11)6-7-10/h2-6,8H2,1H3. The highest BCUT2D eigenvalue weighted by molar-refractivity contribution is 5.83. The summed E-state index contributed by atoms with van der Waals surface area (Å²) in [6.07, 6.45) is 5.54. The number of rotatable bonds is 7. The lowest BCUT2D eigenvalue weighted by Crippen LogP contribution is -2.05. The molecular formula is C9H15O3. The molecule has 0 fully saturated rings. The Hall–Kier alpha value is -0.860. The maximum atomic E-state index is 10.6. The third kappa shape index (κ3) is 7.25. The van der Waals surface area contributed by atoms with E-state index in [1.54, 1.807) is 0 Å². The van der Waals surface area contributed by atoms with E-state index in [2.05, 4.69) is 6.92 Å². The Morgan fingerprint density at radius 2 is 2.08 bits per heavy atom. The molecule has 12 heavy (non-hydrogen) atoms. The largest absolute Gasteiger partial charge is 0.465 e. The fraction of sp³-hybridized carbons (Fsp3) is 0.778. The summed E-state index contributed by atoms with van der Waals surface area (Å²) in [7, 11) is 0. The van der Waals surface area contributed by atoms with Gasteiger partial charge in [0.2, 0.25) is 6.29 Å². The van der Waals surface area contributed by atoms with Gasteiger partial charge in [-0.1, -0.05) is 26.2 Å². The fourth-order valence-corrected chi connectivity index (χ4v) is 0.825. The summed E-state index contributed by atoms with van der Waals surface area (Å²) in [4.78, 5) is 20.3. The summed E-state index contributed by atoms with van der Waals surface area (Å²) in [6, 6.07) is 0. The van der Waals surface area contributed by atoms with Crippen molar-refractivity contribution < 1.29 is 14.3 Å². The minimum Gasteiger partial charge on any atom is -0.465 e. The second-order valence-electron chi connectivity index (χ2n) is 2.60. The summed E-state index contributed by atoms with van der Waals surface area (Å²) in [5, 5.41) is 0. The quantitative estimate of drug-likeness (QED) is 0.332. The first-order valence-electron chi connectivity index (χ1n) is 4.32. The molecule has 0 N–H and O–H groups in total. The van der Waals surface area contributed by atoms with Crippen molar-refractivity contribution in [3.05, 3.63) is 0 Å². The summed E-state index contributed by atoms with van der Waals surface area (Å²) < 4.78 is 4.73. The molecule has 0 aromatic heterocycles. The highest BCUT2D eigenvalue weighted by Gasteiger charge is 2.00. The van der Waals surface area contributed by atoms with Crippen LogP contribution in [0.15, 0.2) is 0 Å². The summed E-state index contributed by atoms with van der Waals surface area (Å²) in [5.41, 5.74) is 0. The molecular weight excluding hydrogens is 156 g/mol. The van der Waals surface area contributed by atoms with E-state index in [1.807, 2.05) is 0 Å². The molecule has 0 saturated carbocycles. The number of ether oxygens (including phenoxy) is 1. The first-order valence-corrected chi connectivity index (χ1v) is 4.32. The predicted molar refractivity (Wildman–Crippen MR) is 45.4 cm³/mol. The van der Waals surface area contributed by atoms with Crippen molar-refractivity contribution in [2.45, 2.75) is 39.0 Å². The third-order valence-corrected chi connectivity index (χ3v) is 1.48. The Balaban J connectivity index is 3.08. The van der Waals surface area contributed by atoms with Crippen molar-refractivity contribution in [2.75, 3.05) is 6.61 Å². The van der Waals surface area contributed by atoms with Gasteiger partial charge in [0, 0.05) is 0 Å². The third-order valence-electron chi connectivity index (χ3n) is 1.48. The Morgan fingerprint density at radius 3 is 2.67 bits per heavy atom. The lowest BCUT2D eigenvalue weighted by molar-refractivity contribution is -0.142. The van der Waals surface area contributed by atoms with Crippen LogP contribution in [0.5, 0.6) is 0 Å². The molecule has 1 radical (unpaired) electrons. The molecule has 0 aromatic rings. The number of unbranched alkanes of at least 4 members (excludes halogenated alkanes) is 3. The fourth-order valence-electron chi connectivity index (χ4n) is 0.825. The topological polar surface area (TPSA) is 43.4 Å². The average Bonchev–Trinajstić information content (AvgIpc) is 2.05. The summed E-state index contributed by atoms with van der Waals surface area (Å²) in [6.45, 7) is 2.55. The van der Waals surface area contributed by atoms with E-state index < -0.39 is 5.97 Å². The Morgan fingerprint density at radius 1 is 1.33 bits per heavy atom. The van der Waals surface area contributed by atoms with Gasteiger partial charge in [-0.25, -0.2) is 0 Å². The lowest BCUT2D eigenvalue weighted by Gasteiger charge is -2.00. The van der Waals surface area contributed by atoms with Crippen LogP contribution in [0.1, 0.15) is 39.0 Å². The van der Waals surface area contributed by atoms with Gasteiger partial charge in [-0.3, -0.25) is 9.59 Å². The lowest BCUT2D eigenvalue weighted by atomic mass is 10.2. The van der Waals surface area contributed by atoms with Crippen molar-refractivity contribution in [1.29, 1.82) is 0 Å². The molecule has 69 valence electrons. The summed E-state index contributed by atoms with van der Waals surface area (Å²) >= 11 is 0. The molecule has 0 aliphatic rings. The first-order chi connectivity index (χ1) is 5.81. The van der Waals surface area contributed by atoms with Crippen LogP contribution in [-0.4, -0.2) is 18.9 Å². The van der Waals surface area contributed by atoms with E-state index in [4.69, 9.17) is 4.74 Å². The molecule has 0 amide bonds. The van der Waals surface area contributed by atoms with Gasteiger partial charge in [0.1, 0.15) is 6.42 Å². The maximum absolute atomic E-state index is 10.6. The molecule has 3 heteroatoms. The molecule has 0 unspecified atom stereocenters. The van der Waals surface area contributed by atoms with Gasteiger partial charge in [-0.15, -0.1) is 0 Å². The second-order valence-corrected chi connectivity index (χ2v) is 2.60. The molecule has 0 saturated heterocycles. The van der Waals surface area contributed by atoms with Crippen LogP contribution >= 0.6 is 0 Å². The monoisotopic (exact) mass is 171 g/mol. The van der Waals surface area contributed by atoms with E-state index in [-0.39, 0.29) is 6.42 Å². The first kappa shape index (κ1) is 11.1. The zero-order chi connectivity index (χ0) is 9.23. The Bertz CT molecular complexity index is 132. The molecule has 0 atom stereocenters. The minimum atomic E-state index is -0.471. The van der Waals surface area contributed by atoms with Crippen LogP contribution in [-0.2, 0) is 14.3 Å². The highest BCUT2D eigenvalue weighted by Crippen LogP contribution is 1.99. The summed E-state index contributed by atoms with van der Waals surface area (Å²) in [5.74, 6) is -0.471. The molecule has 0 aromatic carbocycles. The Kier molecular flexibility index (Phi) is 7.65. The molecule has 0 rings (SSSR count). The predicted octanol–water partition coefficient (Wildman–Crippen LogP) is 1.61. The van der Waals surface area contributed by atoms with Crippen LogP contribution in [0.25, 0.3) is 0 Å².